The number of aliphatic carboxylic acids is 3. The summed E-state index contributed by atoms with van der Waals surface area (Å²) in [5.41, 5.74) is 4.47. The molecule has 0 amide bonds. The molecule has 5 rings (SSSR count). The molecule has 3 aromatic heterocycles. The average molecular weight is 741 g/mol. The molecule has 4 N–H and O–H groups in total. The summed E-state index contributed by atoms with van der Waals surface area (Å²) in [6.07, 6.45) is -7.13. The first kappa shape index (κ1) is 41.7. The summed E-state index contributed by atoms with van der Waals surface area (Å²) >= 11 is 0. The fourth-order valence-electron chi connectivity index (χ4n) is 4.14. The van der Waals surface area contributed by atoms with Crippen molar-refractivity contribution in [2.75, 3.05) is 18.4 Å². The number of hydrogen-bond acceptors (Lipinski definition) is 8. The third-order valence-electron chi connectivity index (χ3n) is 6.41. The van der Waals surface area contributed by atoms with Crippen molar-refractivity contribution in [1.29, 1.82) is 0 Å². The average Bonchev–Trinajstić information content (AvgIpc) is 3.48. The summed E-state index contributed by atoms with van der Waals surface area (Å²) < 4.78 is 97.1. The van der Waals surface area contributed by atoms with Crippen molar-refractivity contribution in [2.45, 2.75) is 50.4 Å². The van der Waals surface area contributed by atoms with E-state index in [-0.39, 0.29) is 0 Å². The number of rotatable bonds is 6. The number of carboxylic acid groups (broad SMARTS) is 3. The van der Waals surface area contributed by atoms with Crippen LogP contribution in [0.2, 0.25) is 0 Å². The number of aromatic nitrogens is 4. The molecule has 278 valence electrons. The smallest absolute Gasteiger partial charge is 0.475 e. The Hall–Kier alpha value is -5.47. The highest BCUT2D eigenvalue weighted by Crippen LogP contribution is 2.26. The topological polar surface area (TPSA) is 170 Å². The summed E-state index contributed by atoms with van der Waals surface area (Å²) in [7, 11) is 0. The predicted octanol–water partition coefficient (Wildman–Crippen LogP) is 6.02. The van der Waals surface area contributed by atoms with Crippen LogP contribution in [-0.2, 0) is 27.5 Å². The molecule has 51 heavy (non-hydrogen) atoms. The summed E-state index contributed by atoms with van der Waals surface area (Å²) in [5, 5.41) is 29.7. The van der Waals surface area contributed by atoms with E-state index in [1.165, 1.54) is 17.5 Å². The molecular formula is C30H29F9N6O6. The molecule has 1 aliphatic heterocycles. The highest BCUT2D eigenvalue weighted by Gasteiger charge is 2.39. The number of alkyl halides is 9. The van der Waals surface area contributed by atoms with E-state index in [1.54, 1.807) is 0 Å². The maximum absolute atomic E-state index is 10.6. The van der Waals surface area contributed by atoms with Gasteiger partial charge in [0.2, 0.25) is 0 Å². The number of fused-ring (bicyclic) bond motifs is 1. The van der Waals surface area contributed by atoms with Gasteiger partial charge in [-0.2, -0.15) is 44.6 Å². The van der Waals surface area contributed by atoms with Gasteiger partial charge < -0.3 is 20.6 Å². The molecule has 1 unspecified atom stereocenters. The van der Waals surface area contributed by atoms with Crippen molar-refractivity contribution in [2.24, 2.45) is 0 Å². The van der Waals surface area contributed by atoms with Gasteiger partial charge in [-0.25, -0.2) is 23.9 Å². The Morgan fingerprint density at radius 2 is 1.33 bits per heavy atom. The molecule has 12 nitrogen and oxygen atoms in total. The van der Waals surface area contributed by atoms with Gasteiger partial charge in [-0.05, 0) is 48.7 Å². The number of nitrogens with zero attached hydrogens (tertiary/aromatic N) is 5. The van der Waals surface area contributed by atoms with Gasteiger partial charge in [0.1, 0.15) is 0 Å². The fraction of sp³-hybridized carbons (Fsp3) is 0.333. The zero-order valence-electron chi connectivity index (χ0n) is 26.0. The number of benzene rings is 1. The molecule has 1 atom stereocenters. The molecule has 1 aliphatic rings. The van der Waals surface area contributed by atoms with E-state index in [9.17, 15) is 39.5 Å². The number of piperidine rings is 1. The predicted molar refractivity (Wildman–Crippen MR) is 159 cm³/mol. The minimum Gasteiger partial charge on any atom is -0.475 e. The van der Waals surface area contributed by atoms with Crippen LogP contribution in [0.5, 0.6) is 0 Å². The number of pyridine rings is 2. The summed E-state index contributed by atoms with van der Waals surface area (Å²) in [4.78, 5) is 38.2. The van der Waals surface area contributed by atoms with Gasteiger partial charge in [-0.15, -0.1) is 0 Å². The van der Waals surface area contributed by atoms with Crippen LogP contribution in [0.3, 0.4) is 0 Å². The third-order valence-corrected chi connectivity index (χ3v) is 6.41. The van der Waals surface area contributed by atoms with Gasteiger partial charge in [-0.1, -0.05) is 36.4 Å². The molecule has 4 aromatic rings. The van der Waals surface area contributed by atoms with E-state index in [1.807, 2.05) is 41.3 Å². The van der Waals surface area contributed by atoms with E-state index in [4.69, 9.17) is 39.8 Å². The molecule has 0 saturated carbocycles. The van der Waals surface area contributed by atoms with E-state index in [2.05, 4.69) is 51.6 Å². The Bertz CT molecular complexity index is 1650. The Morgan fingerprint density at radius 1 is 0.784 bits per heavy atom. The molecule has 4 heterocycles. The van der Waals surface area contributed by atoms with Gasteiger partial charge in [0, 0.05) is 37.9 Å². The molecule has 0 radical (unpaired) electrons. The van der Waals surface area contributed by atoms with Crippen molar-refractivity contribution in [1.82, 2.24) is 24.5 Å². The summed E-state index contributed by atoms with van der Waals surface area (Å²) in [5.74, 6) is -6.95. The molecule has 0 bridgehead atoms. The van der Waals surface area contributed by atoms with Gasteiger partial charge in [0.15, 0.2) is 11.5 Å². The van der Waals surface area contributed by atoms with Gasteiger partial charge in [-0.3, -0.25) is 9.88 Å². The lowest BCUT2D eigenvalue weighted by atomic mass is 9.97. The first-order valence-electron chi connectivity index (χ1n) is 14.3. The normalized spacial score (nSPS) is 14.8. The van der Waals surface area contributed by atoms with Gasteiger partial charge in [0.05, 0.1) is 11.9 Å². The van der Waals surface area contributed by atoms with E-state index in [0.29, 0.717) is 5.92 Å². The largest absolute Gasteiger partial charge is 0.490 e. The Kier molecular flexibility index (Phi) is 15.1. The van der Waals surface area contributed by atoms with Crippen molar-refractivity contribution in [3.63, 3.8) is 0 Å². The van der Waals surface area contributed by atoms with Crippen LogP contribution >= 0.6 is 0 Å². The summed E-state index contributed by atoms with van der Waals surface area (Å²) in [6, 6.07) is 18.7. The van der Waals surface area contributed by atoms with Crippen molar-refractivity contribution in [3.8, 4) is 0 Å². The number of nitrogens with one attached hydrogen (secondary N) is 1. The first-order chi connectivity index (χ1) is 23.7. The van der Waals surface area contributed by atoms with Crippen molar-refractivity contribution < 1.29 is 69.2 Å². The maximum Gasteiger partial charge on any atom is 0.490 e. The van der Waals surface area contributed by atoms with Crippen LogP contribution in [-0.4, -0.2) is 89.3 Å². The lowest BCUT2D eigenvalue weighted by Gasteiger charge is -2.31. The minimum atomic E-state index is -5.08. The van der Waals surface area contributed by atoms with E-state index < -0.39 is 36.4 Å². The number of hydrogen-bond donors (Lipinski definition) is 4. The van der Waals surface area contributed by atoms with Gasteiger partial charge in [0.25, 0.3) is 0 Å². The highest BCUT2D eigenvalue weighted by atomic mass is 19.4. The lowest BCUT2D eigenvalue weighted by Crippen LogP contribution is -2.34. The molecular weight excluding hydrogens is 711 g/mol. The van der Waals surface area contributed by atoms with Crippen LogP contribution in [0.15, 0.2) is 73.2 Å². The maximum atomic E-state index is 10.6. The van der Waals surface area contributed by atoms with Crippen LogP contribution in [0.25, 0.3) is 5.65 Å². The van der Waals surface area contributed by atoms with Crippen LogP contribution in [0.4, 0.5) is 45.2 Å². The Balaban J connectivity index is 0.000000352. The standard InChI is InChI=1S/C24H26N6.3C2HF3O2/c1-2-6-19(7-3-1)15-26-22-10-11-23-27-24(28-30(23)18-22)21-9-5-13-29(17-21)16-20-8-4-12-25-14-20;3*3-2(4,5)1(6)7/h1-4,6-8,10-12,14,18,21,26H,5,9,13,15-17H2;3*(H,6,7). The van der Waals surface area contributed by atoms with Crippen LogP contribution in [0.1, 0.15) is 35.7 Å². The quantitative estimate of drug-likeness (QED) is 0.171. The van der Waals surface area contributed by atoms with Crippen molar-refractivity contribution in [3.05, 3.63) is 90.1 Å². The molecule has 1 saturated heterocycles. The second-order valence-electron chi connectivity index (χ2n) is 10.4. The number of anilines is 1. The number of carboxylic acids is 3. The van der Waals surface area contributed by atoms with E-state index in [0.717, 1.165) is 49.8 Å². The number of halogens is 9. The van der Waals surface area contributed by atoms with Crippen molar-refractivity contribution >= 4 is 29.2 Å². The van der Waals surface area contributed by atoms with Gasteiger partial charge >= 0.3 is 36.4 Å². The number of likely N-dealkylation sites (tertiary alicyclic amines) is 1. The number of carbonyl (C=O) groups is 3. The Labute approximate surface area is 282 Å². The first-order valence-corrected chi connectivity index (χ1v) is 14.3. The van der Waals surface area contributed by atoms with Crippen LogP contribution < -0.4 is 5.32 Å². The second-order valence-corrected chi connectivity index (χ2v) is 10.4. The zero-order chi connectivity index (χ0) is 38.4. The Morgan fingerprint density at radius 3 is 1.84 bits per heavy atom. The zero-order valence-corrected chi connectivity index (χ0v) is 26.0. The fourth-order valence-corrected chi connectivity index (χ4v) is 4.14. The summed E-state index contributed by atoms with van der Waals surface area (Å²) in [6.45, 7) is 3.84. The lowest BCUT2D eigenvalue weighted by molar-refractivity contribution is -0.193. The SMILES string of the molecule is O=C(O)C(F)(F)F.O=C(O)C(F)(F)F.O=C(O)C(F)(F)F.c1ccc(CNc2ccc3nc(C4CCCN(Cc5cccnc5)C4)nn3c2)cc1. The second kappa shape index (κ2) is 18.5. The molecule has 1 fully saturated rings. The minimum absolute atomic E-state index is 0.371. The molecule has 1 aromatic carbocycles. The monoisotopic (exact) mass is 740 g/mol. The molecule has 21 heteroatoms. The molecule has 0 aliphatic carbocycles. The third kappa shape index (κ3) is 15.3. The molecule has 0 spiro atoms. The van der Waals surface area contributed by atoms with Crippen LogP contribution in [0, 0.1) is 0 Å². The highest BCUT2D eigenvalue weighted by molar-refractivity contribution is 5.73. The van der Waals surface area contributed by atoms with E-state index >= 15 is 0 Å².